The standard InChI is InChI=1S/C23H27N5O/c1-18-5-4-12-28(15-18)23-13-22(26-17-27-23)25-14-19-7-9-21(10-8-19)29-16-20-6-2-3-11-24-20/h2-3,6-11,13,17-18H,4-5,12,14-16H2,1H3,(H,25,26,27). The molecule has 0 spiro atoms. The summed E-state index contributed by atoms with van der Waals surface area (Å²) >= 11 is 0. The molecule has 0 amide bonds. The van der Waals surface area contributed by atoms with Crippen LogP contribution in [0.25, 0.3) is 0 Å². The van der Waals surface area contributed by atoms with E-state index in [0.29, 0.717) is 19.1 Å². The predicted octanol–water partition coefficient (Wildman–Crippen LogP) is 4.30. The minimum atomic E-state index is 0.470. The Hall–Kier alpha value is -3.15. The molecule has 29 heavy (non-hydrogen) atoms. The van der Waals surface area contributed by atoms with Gasteiger partial charge in [0.15, 0.2) is 0 Å². The van der Waals surface area contributed by atoms with Crippen molar-refractivity contribution in [2.45, 2.75) is 32.9 Å². The lowest BCUT2D eigenvalue weighted by molar-refractivity contribution is 0.301. The van der Waals surface area contributed by atoms with E-state index in [1.54, 1.807) is 12.5 Å². The highest BCUT2D eigenvalue weighted by Gasteiger charge is 2.17. The fourth-order valence-electron chi connectivity index (χ4n) is 3.55. The van der Waals surface area contributed by atoms with Crippen molar-refractivity contribution in [2.24, 2.45) is 5.92 Å². The Morgan fingerprint density at radius 1 is 1.10 bits per heavy atom. The van der Waals surface area contributed by atoms with E-state index in [2.05, 4.69) is 44.2 Å². The van der Waals surface area contributed by atoms with E-state index in [9.17, 15) is 0 Å². The van der Waals surface area contributed by atoms with E-state index in [1.807, 2.05) is 36.4 Å². The highest BCUT2D eigenvalue weighted by atomic mass is 16.5. The molecule has 1 atom stereocenters. The van der Waals surface area contributed by atoms with Crippen LogP contribution in [0.3, 0.4) is 0 Å². The Morgan fingerprint density at radius 2 is 2.00 bits per heavy atom. The van der Waals surface area contributed by atoms with Crippen LogP contribution in [0.1, 0.15) is 31.0 Å². The molecule has 1 fully saturated rings. The van der Waals surface area contributed by atoms with E-state index in [1.165, 1.54) is 18.4 Å². The Balaban J connectivity index is 1.30. The Labute approximate surface area is 172 Å². The molecule has 6 heteroatoms. The Kier molecular flexibility index (Phi) is 6.19. The van der Waals surface area contributed by atoms with E-state index in [-0.39, 0.29) is 0 Å². The maximum atomic E-state index is 5.79. The van der Waals surface area contributed by atoms with Gasteiger partial charge in [-0.1, -0.05) is 25.1 Å². The van der Waals surface area contributed by atoms with Gasteiger partial charge in [0.25, 0.3) is 0 Å². The topological polar surface area (TPSA) is 63.2 Å². The fraction of sp³-hybridized carbons (Fsp3) is 0.348. The summed E-state index contributed by atoms with van der Waals surface area (Å²) in [6, 6.07) is 16.0. The second-order valence-corrected chi connectivity index (χ2v) is 7.56. The summed E-state index contributed by atoms with van der Waals surface area (Å²) in [5.41, 5.74) is 2.09. The number of nitrogens with zero attached hydrogens (tertiary/aromatic N) is 4. The van der Waals surface area contributed by atoms with Crippen molar-refractivity contribution in [3.63, 3.8) is 0 Å². The lowest BCUT2D eigenvalue weighted by atomic mass is 10.0. The molecule has 150 valence electrons. The number of benzene rings is 1. The van der Waals surface area contributed by atoms with Gasteiger partial charge in [-0.2, -0.15) is 0 Å². The van der Waals surface area contributed by atoms with Crippen molar-refractivity contribution in [3.8, 4) is 5.75 Å². The molecule has 0 aliphatic carbocycles. The minimum Gasteiger partial charge on any atom is -0.487 e. The van der Waals surface area contributed by atoms with Crippen molar-refractivity contribution in [2.75, 3.05) is 23.3 Å². The second kappa shape index (κ2) is 9.37. The smallest absolute Gasteiger partial charge is 0.134 e. The number of pyridine rings is 1. The summed E-state index contributed by atoms with van der Waals surface area (Å²) in [5.74, 6) is 3.41. The Morgan fingerprint density at radius 3 is 2.79 bits per heavy atom. The Bertz CT molecular complexity index is 901. The summed E-state index contributed by atoms with van der Waals surface area (Å²) in [4.78, 5) is 15.5. The molecule has 1 aromatic carbocycles. The SMILES string of the molecule is CC1CCCN(c2cc(NCc3ccc(OCc4ccccn4)cc3)ncn2)C1. The van der Waals surface area contributed by atoms with Gasteiger partial charge in [0.05, 0.1) is 5.69 Å². The van der Waals surface area contributed by atoms with Gasteiger partial charge in [-0.05, 0) is 48.6 Å². The molecule has 3 aromatic rings. The van der Waals surface area contributed by atoms with E-state index in [0.717, 1.165) is 36.2 Å². The van der Waals surface area contributed by atoms with E-state index >= 15 is 0 Å². The molecule has 1 N–H and O–H groups in total. The molecule has 2 aromatic heterocycles. The highest BCUT2D eigenvalue weighted by Crippen LogP contribution is 2.22. The maximum absolute atomic E-state index is 5.79. The molecule has 6 nitrogen and oxygen atoms in total. The highest BCUT2D eigenvalue weighted by molar-refractivity contribution is 5.49. The molecule has 1 aliphatic heterocycles. The van der Waals surface area contributed by atoms with Gasteiger partial charge in [0.1, 0.15) is 30.3 Å². The molecule has 1 aliphatic rings. The number of piperidine rings is 1. The van der Waals surface area contributed by atoms with Crippen molar-refractivity contribution in [1.82, 2.24) is 15.0 Å². The van der Waals surface area contributed by atoms with Crippen LogP contribution in [0.4, 0.5) is 11.6 Å². The zero-order valence-corrected chi connectivity index (χ0v) is 16.8. The quantitative estimate of drug-likeness (QED) is 0.650. The lowest BCUT2D eigenvalue weighted by Gasteiger charge is -2.31. The van der Waals surface area contributed by atoms with Gasteiger partial charge < -0.3 is 15.0 Å². The molecule has 0 radical (unpaired) electrons. The van der Waals surface area contributed by atoms with Crippen LogP contribution in [-0.4, -0.2) is 28.0 Å². The van der Waals surface area contributed by atoms with Crippen molar-refractivity contribution >= 4 is 11.6 Å². The van der Waals surface area contributed by atoms with Crippen LogP contribution >= 0.6 is 0 Å². The van der Waals surface area contributed by atoms with Crippen LogP contribution in [0.5, 0.6) is 5.75 Å². The van der Waals surface area contributed by atoms with Crippen molar-refractivity contribution in [1.29, 1.82) is 0 Å². The van der Waals surface area contributed by atoms with Gasteiger partial charge in [0, 0.05) is 31.9 Å². The predicted molar refractivity (Wildman–Crippen MR) is 115 cm³/mol. The lowest BCUT2D eigenvalue weighted by Crippen LogP contribution is -2.34. The monoisotopic (exact) mass is 389 g/mol. The summed E-state index contributed by atoms with van der Waals surface area (Å²) < 4.78 is 5.79. The zero-order chi connectivity index (χ0) is 19.9. The van der Waals surface area contributed by atoms with E-state index in [4.69, 9.17) is 4.74 Å². The molecular weight excluding hydrogens is 362 g/mol. The summed E-state index contributed by atoms with van der Waals surface area (Å²) in [6.45, 7) is 5.61. The molecule has 0 bridgehead atoms. The minimum absolute atomic E-state index is 0.470. The van der Waals surface area contributed by atoms with Crippen LogP contribution in [0, 0.1) is 5.92 Å². The number of rotatable bonds is 7. The van der Waals surface area contributed by atoms with Crippen molar-refractivity contribution < 1.29 is 4.74 Å². The molecule has 1 unspecified atom stereocenters. The van der Waals surface area contributed by atoms with E-state index < -0.39 is 0 Å². The first-order valence-electron chi connectivity index (χ1n) is 10.2. The summed E-state index contributed by atoms with van der Waals surface area (Å²) in [5, 5.41) is 3.40. The third-order valence-corrected chi connectivity index (χ3v) is 5.14. The van der Waals surface area contributed by atoms with Crippen LogP contribution in [-0.2, 0) is 13.2 Å². The largest absolute Gasteiger partial charge is 0.487 e. The van der Waals surface area contributed by atoms with Gasteiger partial charge >= 0.3 is 0 Å². The molecule has 4 rings (SSSR count). The zero-order valence-electron chi connectivity index (χ0n) is 16.8. The summed E-state index contributed by atoms with van der Waals surface area (Å²) in [6.07, 6.45) is 5.94. The number of hydrogen-bond donors (Lipinski definition) is 1. The number of aromatic nitrogens is 3. The maximum Gasteiger partial charge on any atom is 0.134 e. The average Bonchev–Trinajstić information content (AvgIpc) is 2.78. The first-order chi connectivity index (χ1) is 14.3. The number of nitrogens with one attached hydrogen (secondary N) is 1. The van der Waals surface area contributed by atoms with Gasteiger partial charge in [-0.3, -0.25) is 4.98 Å². The number of ether oxygens (including phenoxy) is 1. The fourth-order valence-corrected chi connectivity index (χ4v) is 3.55. The second-order valence-electron chi connectivity index (χ2n) is 7.56. The van der Waals surface area contributed by atoms with Crippen LogP contribution in [0.15, 0.2) is 61.1 Å². The molecule has 3 heterocycles. The molecule has 0 saturated carbocycles. The third kappa shape index (κ3) is 5.44. The number of hydrogen-bond acceptors (Lipinski definition) is 6. The van der Waals surface area contributed by atoms with Crippen LogP contribution in [0.2, 0.25) is 0 Å². The first kappa shape index (κ1) is 19.2. The van der Waals surface area contributed by atoms with Gasteiger partial charge in [-0.15, -0.1) is 0 Å². The third-order valence-electron chi connectivity index (χ3n) is 5.14. The average molecular weight is 390 g/mol. The molecule has 1 saturated heterocycles. The van der Waals surface area contributed by atoms with Gasteiger partial charge in [0.2, 0.25) is 0 Å². The number of anilines is 2. The summed E-state index contributed by atoms with van der Waals surface area (Å²) in [7, 11) is 0. The first-order valence-corrected chi connectivity index (χ1v) is 10.2. The van der Waals surface area contributed by atoms with Crippen molar-refractivity contribution in [3.05, 3.63) is 72.3 Å². The molecular formula is C23H27N5O. The van der Waals surface area contributed by atoms with Gasteiger partial charge in [-0.25, -0.2) is 9.97 Å². The van der Waals surface area contributed by atoms with Crippen LogP contribution < -0.4 is 15.0 Å². The normalized spacial score (nSPS) is 16.4.